The number of hydrogen-bond donors (Lipinski definition) is 3. The molecule has 262 valence electrons. The lowest BCUT2D eigenvalue weighted by molar-refractivity contribution is -0.116. The minimum atomic E-state index is -0.542. The van der Waals surface area contributed by atoms with E-state index in [2.05, 4.69) is 36.7 Å². The van der Waals surface area contributed by atoms with Crippen LogP contribution in [0.4, 0.5) is 10.7 Å². The first-order chi connectivity index (χ1) is 24.0. The molecule has 1 aliphatic rings. The lowest BCUT2D eigenvalue weighted by Gasteiger charge is -2.33. The minimum absolute atomic E-state index is 0.00235. The fourth-order valence-electron chi connectivity index (χ4n) is 5.81. The average Bonchev–Trinajstić information content (AvgIpc) is 3.74. The quantitative estimate of drug-likeness (QED) is 0.0763. The first-order valence-corrected chi connectivity index (χ1v) is 18.5. The van der Waals surface area contributed by atoms with Crippen molar-refractivity contribution >= 4 is 63.6 Å². The van der Waals surface area contributed by atoms with Crippen molar-refractivity contribution in [2.24, 2.45) is 11.3 Å². The highest BCUT2D eigenvalue weighted by atomic mass is 32.2. The van der Waals surface area contributed by atoms with Crippen LogP contribution in [0.1, 0.15) is 84.4 Å². The molecule has 0 saturated carbocycles. The predicted molar refractivity (Wildman–Crippen MR) is 199 cm³/mol. The third kappa shape index (κ3) is 9.13. The second kappa shape index (κ2) is 16.4. The van der Waals surface area contributed by atoms with E-state index in [1.807, 2.05) is 13.0 Å². The van der Waals surface area contributed by atoms with E-state index in [9.17, 15) is 19.2 Å². The summed E-state index contributed by atoms with van der Waals surface area (Å²) in [5.41, 5.74) is 2.50. The molecule has 2 aromatic heterocycles. The number of fused-ring (bicyclic) bond motifs is 1. The number of ether oxygens (including phenoxy) is 1. The van der Waals surface area contributed by atoms with Crippen LogP contribution in [0.2, 0.25) is 0 Å². The Balaban J connectivity index is 1.31. The molecule has 0 fully saturated rings. The Morgan fingerprint density at radius 3 is 2.48 bits per heavy atom. The molecule has 4 aromatic rings. The van der Waals surface area contributed by atoms with Crippen molar-refractivity contribution in [1.82, 2.24) is 5.32 Å². The summed E-state index contributed by atoms with van der Waals surface area (Å²) in [4.78, 5) is 55.2. The topological polar surface area (TPSA) is 127 Å². The molecule has 11 heteroatoms. The zero-order valence-corrected chi connectivity index (χ0v) is 30.6. The number of benzene rings is 2. The van der Waals surface area contributed by atoms with Crippen molar-refractivity contribution in [2.75, 3.05) is 17.2 Å². The molecule has 0 saturated heterocycles. The monoisotopic (exact) mass is 713 g/mol. The number of thioether (sulfide) groups is 1. The smallest absolute Gasteiger partial charge is 0.341 e. The van der Waals surface area contributed by atoms with Gasteiger partial charge in [0, 0.05) is 27.1 Å². The molecule has 50 heavy (non-hydrogen) atoms. The fraction of sp³-hybridized carbons (Fsp3) is 0.333. The standard InChI is InChI=1S/C39H43N3O6S2/c1-6-31(36(45)42-37-33(38(46)47-7-2)29-19-18-25(39(3,4)5)21-32(29)50-37)49-28-17-11-15-26(22-28)40-35(44)30(23-27-16-12-20-48-27)41-34(43)24-13-9-8-10-14-24/h8-17,20,22-23,25,31H,6-7,18-19,21H2,1-5H3,(H,40,44)(H,41,43)(H,42,45)/b30-23-. The minimum Gasteiger partial charge on any atom is -0.465 e. The van der Waals surface area contributed by atoms with Crippen molar-refractivity contribution in [3.05, 3.63) is 106 Å². The third-order valence-corrected chi connectivity index (χ3v) is 11.1. The zero-order chi connectivity index (χ0) is 35.8. The van der Waals surface area contributed by atoms with Crippen molar-refractivity contribution < 1.29 is 28.3 Å². The van der Waals surface area contributed by atoms with E-state index in [0.717, 1.165) is 34.6 Å². The Labute approximate surface area is 301 Å². The summed E-state index contributed by atoms with van der Waals surface area (Å²) in [6.45, 7) is 10.7. The molecular formula is C39H43N3O6S2. The number of esters is 1. The van der Waals surface area contributed by atoms with Crippen molar-refractivity contribution in [2.45, 2.75) is 70.4 Å². The van der Waals surface area contributed by atoms with Gasteiger partial charge in [0.25, 0.3) is 11.8 Å². The number of nitrogens with one attached hydrogen (secondary N) is 3. The first kappa shape index (κ1) is 36.7. The Morgan fingerprint density at radius 1 is 1.02 bits per heavy atom. The van der Waals surface area contributed by atoms with Crippen LogP contribution in [0.25, 0.3) is 6.08 Å². The van der Waals surface area contributed by atoms with E-state index < -0.39 is 23.0 Å². The van der Waals surface area contributed by atoms with Gasteiger partial charge in [-0.05, 0) is 92.0 Å². The van der Waals surface area contributed by atoms with E-state index in [4.69, 9.17) is 9.15 Å². The van der Waals surface area contributed by atoms with Gasteiger partial charge in [-0.2, -0.15) is 0 Å². The van der Waals surface area contributed by atoms with Crippen LogP contribution < -0.4 is 16.0 Å². The SMILES string of the molecule is CCOC(=O)c1c(NC(=O)C(CC)Sc2cccc(NC(=O)/C(=C/c3ccco3)NC(=O)c3ccccc3)c2)sc2c1CCC(C(C)(C)C)C2. The normalized spacial score (nSPS) is 15.1. The van der Waals surface area contributed by atoms with Crippen LogP contribution in [0.3, 0.4) is 0 Å². The molecule has 3 N–H and O–H groups in total. The number of carbonyl (C=O) groups excluding carboxylic acids is 4. The highest BCUT2D eigenvalue weighted by Crippen LogP contribution is 2.45. The number of amides is 3. The van der Waals surface area contributed by atoms with E-state index in [-0.39, 0.29) is 23.6 Å². The van der Waals surface area contributed by atoms with Gasteiger partial charge >= 0.3 is 5.97 Å². The van der Waals surface area contributed by atoms with Crippen LogP contribution in [-0.4, -0.2) is 35.5 Å². The Hall–Kier alpha value is -4.61. The summed E-state index contributed by atoms with van der Waals surface area (Å²) in [5, 5.41) is 8.70. The van der Waals surface area contributed by atoms with Crippen molar-refractivity contribution in [3.8, 4) is 0 Å². The molecule has 2 unspecified atom stereocenters. The van der Waals surface area contributed by atoms with Crippen LogP contribution >= 0.6 is 23.1 Å². The van der Waals surface area contributed by atoms with Crippen molar-refractivity contribution in [1.29, 1.82) is 0 Å². The maximum Gasteiger partial charge on any atom is 0.341 e. The molecule has 0 spiro atoms. The molecule has 0 bridgehead atoms. The van der Waals surface area contributed by atoms with Gasteiger partial charge in [-0.3, -0.25) is 14.4 Å². The molecular weight excluding hydrogens is 671 g/mol. The molecule has 3 amide bonds. The lowest BCUT2D eigenvalue weighted by Crippen LogP contribution is -2.30. The second-order valence-electron chi connectivity index (χ2n) is 13.1. The fourth-order valence-corrected chi connectivity index (χ4v) is 8.15. The van der Waals surface area contributed by atoms with Gasteiger partial charge < -0.3 is 25.1 Å². The zero-order valence-electron chi connectivity index (χ0n) is 29.0. The average molecular weight is 714 g/mol. The third-order valence-electron chi connectivity index (χ3n) is 8.60. The maximum atomic E-state index is 13.7. The van der Waals surface area contributed by atoms with Gasteiger partial charge in [0.1, 0.15) is 16.5 Å². The molecule has 2 heterocycles. The molecule has 1 aliphatic carbocycles. The Kier molecular flexibility index (Phi) is 12.0. The number of anilines is 2. The van der Waals surface area contributed by atoms with Gasteiger partial charge in [0.2, 0.25) is 5.91 Å². The van der Waals surface area contributed by atoms with Crippen LogP contribution in [0.5, 0.6) is 0 Å². The highest BCUT2D eigenvalue weighted by molar-refractivity contribution is 8.00. The van der Waals surface area contributed by atoms with Gasteiger partial charge in [-0.25, -0.2) is 4.79 Å². The van der Waals surface area contributed by atoms with Gasteiger partial charge in [0.05, 0.1) is 23.7 Å². The summed E-state index contributed by atoms with van der Waals surface area (Å²) < 4.78 is 10.8. The largest absolute Gasteiger partial charge is 0.465 e. The number of hydrogen-bond acceptors (Lipinski definition) is 8. The molecule has 9 nitrogen and oxygen atoms in total. The predicted octanol–water partition coefficient (Wildman–Crippen LogP) is 8.59. The Morgan fingerprint density at radius 2 is 1.80 bits per heavy atom. The van der Waals surface area contributed by atoms with Gasteiger partial charge in [-0.1, -0.05) is 52.0 Å². The van der Waals surface area contributed by atoms with Crippen LogP contribution in [-0.2, 0) is 27.2 Å². The summed E-state index contributed by atoms with van der Waals surface area (Å²) in [7, 11) is 0. The Bertz CT molecular complexity index is 1860. The van der Waals surface area contributed by atoms with E-state index in [1.165, 1.54) is 35.4 Å². The molecule has 2 aromatic carbocycles. The van der Waals surface area contributed by atoms with Crippen molar-refractivity contribution in [3.63, 3.8) is 0 Å². The molecule has 5 rings (SSSR count). The summed E-state index contributed by atoms with van der Waals surface area (Å²) in [6.07, 6.45) is 6.09. The first-order valence-electron chi connectivity index (χ1n) is 16.8. The second-order valence-corrected chi connectivity index (χ2v) is 15.5. The van der Waals surface area contributed by atoms with Crippen LogP contribution in [0, 0.1) is 11.3 Å². The van der Waals surface area contributed by atoms with Gasteiger partial charge in [0.15, 0.2) is 0 Å². The van der Waals surface area contributed by atoms with E-state index >= 15 is 0 Å². The molecule has 0 aliphatic heterocycles. The number of furan rings is 1. The molecule has 0 radical (unpaired) electrons. The van der Waals surface area contributed by atoms with E-state index in [1.54, 1.807) is 67.6 Å². The molecule has 2 atom stereocenters. The highest BCUT2D eigenvalue weighted by Gasteiger charge is 2.35. The lowest BCUT2D eigenvalue weighted by atomic mass is 9.72. The summed E-state index contributed by atoms with van der Waals surface area (Å²) in [5.74, 6) is -0.715. The number of rotatable bonds is 12. The summed E-state index contributed by atoms with van der Waals surface area (Å²) >= 11 is 2.85. The van der Waals surface area contributed by atoms with Crippen LogP contribution in [0.15, 0.2) is 88.0 Å². The summed E-state index contributed by atoms with van der Waals surface area (Å²) in [6, 6.07) is 19.1. The van der Waals surface area contributed by atoms with Gasteiger partial charge in [-0.15, -0.1) is 23.1 Å². The van der Waals surface area contributed by atoms with E-state index in [0.29, 0.717) is 39.9 Å². The number of thiophene rings is 1. The number of carbonyl (C=O) groups is 4. The maximum absolute atomic E-state index is 13.7.